The summed E-state index contributed by atoms with van der Waals surface area (Å²) in [5, 5.41) is 8.20. The zero-order valence-electron chi connectivity index (χ0n) is 10.6. The molecule has 1 aliphatic heterocycles. The van der Waals surface area contributed by atoms with Gasteiger partial charge in [0, 0.05) is 10.6 Å². The van der Waals surface area contributed by atoms with Gasteiger partial charge < -0.3 is 5.32 Å². The number of thioether (sulfide) groups is 1. The Bertz CT molecular complexity index is 723. The molecule has 0 bridgehead atoms. The molecule has 1 aromatic carbocycles. The number of halogens is 1. The van der Waals surface area contributed by atoms with Gasteiger partial charge in [-0.05, 0) is 19.1 Å². The number of para-hydroxylation sites is 1. The van der Waals surface area contributed by atoms with Gasteiger partial charge >= 0.3 is 0 Å². The summed E-state index contributed by atoms with van der Waals surface area (Å²) in [7, 11) is 0. The van der Waals surface area contributed by atoms with Crippen LogP contribution in [-0.2, 0) is 0 Å². The monoisotopic (exact) mass is 306 g/mol. The normalized spacial score (nSPS) is 19.0. The molecule has 0 saturated carbocycles. The molecule has 0 amide bonds. The van der Waals surface area contributed by atoms with Crippen LogP contribution >= 0.6 is 23.1 Å². The highest BCUT2D eigenvalue weighted by atomic mass is 32.2. The molecule has 3 heterocycles. The number of fused-ring (bicyclic) bond motifs is 2. The standard InChI is InChI=1S/C13H11FN4S2/c1-7(14)11-17-18-6-9(16-13(18)20-11)12-15-8-4-2-3-5-10(8)19-12/h2-7,12,15H,1H3. The number of nitrogens with zero attached hydrogens (tertiary/aromatic N) is 3. The second kappa shape index (κ2) is 4.46. The second-order valence-electron chi connectivity index (χ2n) is 4.59. The number of hydrogen-bond acceptors (Lipinski definition) is 5. The third-order valence-electron chi connectivity index (χ3n) is 3.10. The first kappa shape index (κ1) is 12.2. The van der Waals surface area contributed by atoms with E-state index >= 15 is 0 Å². The Hall–Kier alpha value is -1.60. The molecule has 1 aliphatic rings. The van der Waals surface area contributed by atoms with Crippen molar-refractivity contribution >= 4 is 33.7 Å². The van der Waals surface area contributed by atoms with Crippen molar-refractivity contribution in [2.24, 2.45) is 0 Å². The van der Waals surface area contributed by atoms with Gasteiger partial charge in [0.25, 0.3) is 0 Å². The molecule has 0 radical (unpaired) electrons. The molecular weight excluding hydrogens is 295 g/mol. The predicted molar refractivity (Wildman–Crippen MR) is 79.0 cm³/mol. The molecule has 0 aliphatic carbocycles. The zero-order chi connectivity index (χ0) is 13.7. The third kappa shape index (κ3) is 1.89. The molecule has 2 aromatic heterocycles. The van der Waals surface area contributed by atoms with Crippen LogP contribution in [-0.4, -0.2) is 14.6 Å². The van der Waals surface area contributed by atoms with Crippen molar-refractivity contribution in [2.45, 2.75) is 23.4 Å². The quantitative estimate of drug-likeness (QED) is 0.776. The average Bonchev–Trinajstić information content (AvgIpc) is 3.09. The van der Waals surface area contributed by atoms with Gasteiger partial charge in [0.05, 0.1) is 11.9 Å². The molecule has 102 valence electrons. The van der Waals surface area contributed by atoms with E-state index in [2.05, 4.69) is 27.5 Å². The fourth-order valence-electron chi connectivity index (χ4n) is 2.14. The van der Waals surface area contributed by atoms with Crippen LogP contribution in [0.1, 0.15) is 29.2 Å². The fourth-order valence-corrected chi connectivity index (χ4v) is 4.04. The lowest BCUT2D eigenvalue weighted by Gasteiger charge is -2.05. The lowest BCUT2D eigenvalue weighted by atomic mass is 10.3. The SMILES string of the molecule is CC(F)c1nn2cc(C3Nc4ccccc4S3)nc2s1. The van der Waals surface area contributed by atoms with E-state index in [-0.39, 0.29) is 5.37 Å². The molecule has 1 N–H and O–H groups in total. The molecule has 4 nitrogen and oxygen atoms in total. The molecule has 3 aromatic rings. The molecule has 20 heavy (non-hydrogen) atoms. The van der Waals surface area contributed by atoms with Crippen LogP contribution in [0.2, 0.25) is 0 Å². The summed E-state index contributed by atoms with van der Waals surface area (Å²) in [6, 6.07) is 8.18. The van der Waals surface area contributed by atoms with Gasteiger partial charge in [-0.3, -0.25) is 0 Å². The van der Waals surface area contributed by atoms with E-state index in [9.17, 15) is 4.39 Å². The van der Waals surface area contributed by atoms with Crippen LogP contribution in [0.25, 0.3) is 4.96 Å². The van der Waals surface area contributed by atoms with Gasteiger partial charge in [-0.25, -0.2) is 13.9 Å². The second-order valence-corrected chi connectivity index (χ2v) is 6.72. The van der Waals surface area contributed by atoms with E-state index in [1.54, 1.807) is 16.3 Å². The van der Waals surface area contributed by atoms with Crippen molar-refractivity contribution in [1.82, 2.24) is 14.6 Å². The Morgan fingerprint density at radius 2 is 2.25 bits per heavy atom. The molecule has 7 heteroatoms. The summed E-state index contributed by atoms with van der Waals surface area (Å²) in [5.74, 6) is 0. The van der Waals surface area contributed by atoms with E-state index in [0.29, 0.717) is 5.01 Å². The first-order valence-electron chi connectivity index (χ1n) is 6.23. The minimum Gasteiger partial charge on any atom is -0.367 e. The van der Waals surface area contributed by atoms with Crippen LogP contribution in [0.3, 0.4) is 0 Å². The molecule has 4 rings (SSSR count). The lowest BCUT2D eigenvalue weighted by Crippen LogP contribution is -2.01. The Morgan fingerprint density at radius 1 is 1.40 bits per heavy atom. The van der Waals surface area contributed by atoms with E-state index in [1.165, 1.54) is 23.2 Å². The van der Waals surface area contributed by atoms with E-state index in [4.69, 9.17) is 0 Å². The van der Waals surface area contributed by atoms with E-state index < -0.39 is 6.17 Å². The van der Waals surface area contributed by atoms with Crippen molar-refractivity contribution in [3.8, 4) is 0 Å². The Balaban J connectivity index is 1.66. The predicted octanol–water partition coefficient (Wildman–Crippen LogP) is 4.04. The fraction of sp³-hybridized carbons (Fsp3) is 0.231. The van der Waals surface area contributed by atoms with Gasteiger partial charge in [-0.1, -0.05) is 35.2 Å². The lowest BCUT2D eigenvalue weighted by molar-refractivity contribution is 0.370. The highest BCUT2D eigenvalue weighted by molar-refractivity contribution is 8.00. The number of alkyl halides is 1. The smallest absolute Gasteiger partial charge is 0.212 e. The maximum atomic E-state index is 13.2. The maximum absolute atomic E-state index is 13.2. The number of hydrogen-bond donors (Lipinski definition) is 1. The van der Waals surface area contributed by atoms with Crippen LogP contribution in [0.4, 0.5) is 10.1 Å². The van der Waals surface area contributed by atoms with E-state index in [0.717, 1.165) is 16.3 Å². The average molecular weight is 306 g/mol. The molecular formula is C13H11FN4S2. The van der Waals surface area contributed by atoms with E-state index in [1.807, 2.05) is 18.3 Å². The first-order valence-corrected chi connectivity index (χ1v) is 7.92. The van der Waals surface area contributed by atoms with Gasteiger partial charge in [0.1, 0.15) is 5.37 Å². The Morgan fingerprint density at radius 3 is 3.00 bits per heavy atom. The summed E-state index contributed by atoms with van der Waals surface area (Å²) >= 11 is 3.03. The van der Waals surface area contributed by atoms with Crippen molar-refractivity contribution in [1.29, 1.82) is 0 Å². The number of imidazole rings is 1. The molecule has 0 saturated heterocycles. The summed E-state index contributed by atoms with van der Waals surface area (Å²) in [4.78, 5) is 6.51. The summed E-state index contributed by atoms with van der Waals surface area (Å²) in [6.07, 6.45) is 0.822. The topological polar surface area (TPSA) is 42.2 Å². The van der Waals surface area contributed by atoms with Crippen LogP contribution in [0.15, 0.2) is 35.4 Å². The van der Waals surface area contributed by atoms with Gasteiger partial charge in [-0.15, -0.1) is 0 Å². The molecule has 2 atom stereocenters. The highest BCUT2D eigenvalue weighted by Crippen LogP contribution is 2.45. The van der Waals surface area contributed by atoms with Gasteiger partial charge in [0.15, 0.2) is 11.2 Å². The van der Waals surface area contributed by atoms with Crippen molar-refractivity contribution in [3.63, 3.8) is 0 Å². The van der Waals surface area contributed by atoms with Crippen LogP contribution in [0.5, 0.6) is 0 Å². The number of rotatable bonds is 2. The van der Waals surface area contributed by atoms with Crippen LogP contribution in [0, 0.1) is 0 Å². The Labute approximate surface area is 123 Å². The number of benzene rings is 1. The van der Waals surface area contributed by atoms with Crippen LogP contribution < -0.4 is 5.32 Å². The van der Waals surface area contributed by atoms with Gasteiger partial charge in [-0.2, -0.15) is 5.10 Å². The summed E-state index contributed by atoms with van der Waals surface area (Å²) in [5.41, 5.74) is 2.05. The number of anilines is 1. The molecule has 2 unspecified atom stereocenters. The Kier molecular flexibility index (Phi) is 2.71. The summed E-state index contributed by atoms with van der Waals surface area (Å²) in [6.45, 7) is 1.49. The molecule has 0 spiro atoms. The minimum atomic E-state index is -1.05. The minimum absolute atomic E-state index is 0.0903. The third-order valence-corrected chi connectivity index (χ3v) is 5.39. The number of aromatic nitrogens is 3. The summed E-state index contributed by atoms with van der Waals surface area (Å²) < 4.78 is 14.9. The van der Waals surface area contributed by atoms with Crippen molar-refractivity contribution in [3.05, 3.63) is 41.2 Å². The van der Waals surface area contributed by atoms with Gasteiger partial charge in [0.2, 0.25) is 4.96 Å². The zero-order valence-corrected chi connectivity index (χ0v) is 12.2. The van der Waals surface area contributed by atoms with Crippen molar-refractivity contribution < 1.29 is 4.39 Å². The largest absolute Gasteiger partial charge is 0.367 e. The highest BCUT2D eigenvalue weighted by Gasteiger charge is 2.25. The molecule has 0 fully saturated rings. The van der Waals surface area contributed by atoms with Crippen molar-refractivity contribution in [2.75, 3.05) is 5.32 Å². The maximum Gasteiger partial charge on any atom is 0.212 e. The number of nitrogens with one attached hydrogen (secondary N) is 1. The first-order chi connectivity index (χ1) is 9.70.